The average molecular weight is 440 g/mol. The number of carbonyl (C=O) groups excluding carboxylic acids is 1. The molecule has 1 aliphatic carbocycles. The highest BCUT2D eigenvalue weighted by molar-refractivity contribution is 7.89. The van der Waals surface area contributed by atoms with Crippen LogP contribution in [0.4, 0.5) is 0 Å². The minimum Gasteiger partial charge on any atom is -0.497 e. The largest absolute Gasteiger partial charge is 0.497 e. The van der Waals surface area contributed by atoms with E-state index < -0.39 is 15.9 Å². The molecule has 164 valence electrons. The zero-order valence-electron chi connectivity index (χ0n) is 18.5. The molecule has 5 nitrogen and oxygen atoms in total. The lowest BCUT2D eigenvalue weighted by Gasteiger charge is -2.28. The summed E-state index contributed by atoms with van der Waals surface area (Å²) in [4.78, 5) is 13.3. The summed E-state index contributed by atoms with van der Waals surface area (Å²) in [6.45, 7) is 10.00. The quantitative estimate of drug-likeness (QED) is 0.554. The lowest BCUT2D eigenvalue weighted by Crippen LogP contribution is -2.37. The Kier molecular flexibility index (Phi) is 6.41. The lowest BCUT2D eigenvalue weighted by atomic mass is 9.75. The molecule has 2 aromatic carbocycles. The van der Waals surface area contributed by atoms with Crippen molar-refractivity contribution in [1.82, 2.24) is 4.31 Å². The summed E-state index contributed by atoms with van der Waals surface area (Å²) in [5, 5.41) is 0. The standard InChI is InChI=1S/C25H29NO4S/c1-6-15-26(31(28,29)21-13-11-20(30-5)12-14-21)24(27)16-19-17-25(4,18(2)3)23-10-8-7-9-22(19)23/h6-14,17-18H,1,15-16H2,2-5H3. The van der Waals surface area contributed by atoms with Crippen molar-refractivity contribution < 1.29 is 17.9 Å². The fourth-order valence-electron chi connectivity index (χ4n) is 3.95. The van der Waals surface area contributed by atoms with Gasteiger partial charge in [-0.25, -0.2) is 12.7 Å². The normalized spacial score (nSPS) is 17.8. The minimum atomic E-state index is -4.02. The number of carbonyl (C=O) groups is 1. The molecule has 31 heavy (non-hydrogen) atoms. The zero-order chi connectivity index (χ0) is 22.8. The van der Waals surface area contributed by atoms with Crippen molar-refractivity contribution in [1.29, 1.82) is 0 Å². The van der Waals surface area contributed by atoms with Crippen molar-refractivity contribution in [2.24, 2.45) is 5.92 Å². The first-order chi connectivity index (χ1) is 14.6. The van der Waals surface area contributed by atoms with Crippen LogP contribution in [0.25, 0.3) is 5.57 Å². The van der Waals surface area contributed by atoms with Gasteiger partial charge in [-0.2, -0.15) is 0 Å². The number of sulfonamides is 1. The molecule has 0 heterocycles. The maximum atomic E-state index is 13.3. The number of benzene rings is 2. The molecular weight excluding hydrogens is 410 g/mol. The Labute approximate surface area is 185 Å². The van der Waals surface area contributed by atoms with Crippen molar-refractivity contribution >= 4 is 21.5 Å². The van der Waals surface area contributed by atoms with Crippen LogP contribution in [0, 0.1) is 5.92 Å². The third kappa shape index (κ3) is 4.17. The van der Waals surface area contributed by atoms with Crippen molar-refractivity contribution in [3.63, 3.8) is 0 Å². The van der Waals surface area contributed by atoms with Gasteiger partial charge in [0, 0.05) is 5.41 Å². The fourth-order valence-corrected chi connectivity index (χ4v) is 5.32. The molecule has 1 atom stereocenters. The molecular formula is C25H29NO4S. The van der Waals surface area contributed by atoms with Gasteiger partial charge in [0.05, 0.1) is 25.0 Å². The summed E-state index contributed by atoms with van der Waals surface area (Å²) >= 11 is 0. The Morgan fingerprint density at radius 2 is 1.81 bits per heavy atom. The number of fused-ring (bicyclic) bond motifs is 1. The van der Waals surface area contributed by atoms with E-state index in [0.717, 1.165) is 15.4 Å². The Morgan fingerprint density at radius 3 is 2.39 bits per heavy atom. The number of ether oxygens (including phenoxy) is 1. The minimum absolute atomic E-state index is 0.00253. The summed E-state index contributed by atoms with van der Waals surface area (Å²) in [6, 6.07) is 14.0. The molecule has 0 radical (unpaired) electrons. The SMILES string of the molecule is C=CCN(C(=O)CC1=CC(C)(C(C)C)c2ccccc21)S(=O)(=O)c1ccc(OC)cc1. The Balaban J connectivity index is 1.95. The van der Waals surface area contributed by atoms with Crippen molar-refractivity contribution in [2.45, 2.75) is 37.5 Å². The van der Waals surface area contributed by atoms with Gasteiger partial charge in [-0.05, 0) is 46.9 Å². The van der Waals surface area contributed by atoms with Crippen LogP contribution >= 0.6 is 0 Å². The second-order valence-electron chi connectivity index (χ2n) is 8.22. The van der Waals surface area contributed by atoms with Crippen LogP contribution in [0.15, 0.2) is 72.2 Å². The summed E-state index contributed by atoms with van der Waals surface area (Å²) in [5.41, 5.74) is 2.83. The molecule has 1 amide bonds. The van der Waals surface area contributed by atoms with E-state index in [-0.39, 0.29) is 23.3 Å². The molecule has 6 heteroatoms. The Bertz CT molecular complexity index is 1120. The predicted octanol–water partition coefficient (Wildman–Crippen LogP) is 4.80. The van der Waals surface area contributed by atoms with Crippen molar-refractivity contribution in [3.8, 4) is 5.75 Å². The van der Waals surface area contributed by atoms with Crippen LogP contribution in [0.1, 0.15) is 38.3 Å². The van der Waals surface area contributed by atoms with Gasteiger partial charge in [0.25, 0.3) is 10.0 Å². The smallest absolute Gasteiger partial charge is 0.266 e. The highest BCUT2D eigenvalue weighted by Crippen LogP contribution is 2.46. The number of amides is 1. The average Bonchev–Trinajstić information content (AvgIpc) is 3.05. The van der Waals surface area contributed by atoms with E-state index >= 15 is 0 Å². The topological polar surface area (TPSA) is 63.7 Å². The first kappa shape index (κ1) is 22.8. The van der Waals surface area contributed by atoms with Crippen LogP contribution in [0.2, 0.25) is 0 Å². The summed E-state index contributed by atoms with van der Waals surface area (Å²) < 4.78 is 32.4. The van der Waals surface area contributed by atoms with Gasteiger partial charge in [0.2, 0.25) is 5.91 Å². The summed E-state index contributed by atoms with van der Waals surface area (Å²) in [7, 11) is -2.51. The molecule has 1 unspecified atom stereocenters. The lowest BCUT2D eigenvalue weighted by molar-refractivity contribution is -0.125. The first-order valence-corrected chi connectivity index (χ1v) is 11.7. The zero-order valence-corrected chi connectivity index (χ0v) is 19.3. The van der Waals surface area contributed by atoms with E-state index in [4.69, 9.17) is 4.74 Å². The third-order valence-electron chi connectivity index (χ3n) is 6.09. The van der Waals surface area contributed by atoms with Crippen LogP contribution in [-0.2, 0) is 20.2 Å². The van der Waals surface area contributed by atoms with Gasteiger partial charge >= 0.3 is 0 Å². The van der Waals surface area contributed by atoms with Gasteiger partial charge in [-0.15, -0.1) is 6.58 Å². The molecule has 0 spiro atoms. The van der Waals surface area contributed by atoms with E-state index in [9.17, 15) is 13.2 Å². The van der Waals surface area contributed by atoms with E-state index in [1.807, 2.05) is 18.2 Å². The summed E-state index contributed by atoms with van der Waals surface area (Å²) in [6.07, 6.45) is 3.54. The molecule has 0 N–H and O–H groups in total. The fraction of sp³-hybridized carbons (Fsp3) is 0.320. The van der Waals surface area contributed by atoms with Crippen LogP contribution in [0.5, 0.6) is 5.75 Å². The molecule has 1 aliphatic rings. The highest BCUT2D eigenvalue weighted by atomic mass is 32.2. The number of allylic oxidation sites excluding steroid dienone is 1. The second kappa shape index (κ2) is 8.71. The number of rotatable bonds is 8. The first-order valence-electron chi connectivity index (χ1n) is 10.3. The van der Waals surface area contributed by atoms with Crippen LogP contribution in [-0.4, -0.2) is 32.3 Å². The predicted molar refractivity (Wildman–Crippen MR) is 123 cm³/mol. The number of hydrogen-bond acceptors (Lipinski definition) is 4. The molecule has 0 saturated heterocycles. The Hall–Kier alpha value is -2.86. The van der Waals surface area contributed by atoms with Gasteiger partial charge in [0.15, 0.2) is 0 Å². The van der Waals surface area contributed by atoms with E-state index in [1.54, 1.807) is 12.1 Å². The van der Waals surface area contributed by atoms with Crippen molar-refractivity contribution in [2.75, 3.05) is 13.7 Å². The molecule has 0 aromatic heterocycles. The van der Waals surface area contributed by atoms with E-state index in [2.05, 4.69) is 39.5 Å². The molecule has 0 bridgehead atoms. The van der Waals surface area contributed by atoms with Gasteiger partial charge in [-0.3, -0.25) is 4.79 Å². The Morgan fingerprint density at radius 1 is 1.16 bits per heavy atom. The third-order valence-corrected chi connectivity index (χ3v) is 7.89. The number of methoxy groups -OCH3 is 1. The molecule has 0 fully saturated rings. The maximum absolute atomic E-state index is 13.3. The molecule has 3 rings (SSSR count). The monoisotopic (exact) mass is 439 g/mol. The van der Waals surface area contributed by atoms with Gasteiger partial charge in [0.1, 0.15) is 5.75 Å². The van der Waals surface area contributed by atoms with Gasteiger partial charge < -0.3 is 4.74 Å². The molecule has 0 saturated carbocycles. The maximum Gasteiger partial charge on any atom is 0.266 e. The van der Waals surface area contributed by atoms with Gasteiger partial charge in [-0.1, -0.05) is 57.2 Å². The van der Waals surface area contributed by atoms with Crippen molar-refractivity contribution in [3.05, 3.63) is 78.4 Å². The molecule has 2 aromatic rings. The highest BCUT2D eigenvalue weighted by Gasteiger charge is 2.38. The summed E-state index contributed by atoms with van der Waals surface area (Å²) in [5.74, 6) is 0.388. The molecule has 0 aliphatic heterocycles. The van der Waals surface area contributed by atoms with Crippen LogP contribution in [0.3, 0.4) is 0 Å². The van der Waals surface area contributed by atoms with E-state index in [1.165, 1.54) is 30.9 Å². The second-order valence-corrected chi connectivity index (χ2v) is 10.1. The van der Waals surface area contributed by atoms with Crippen LogP contribution < -0.4 is 4.74 Å². The van der Waals surface area contributed by atoms with E-state index in [0.29, 0.717) is 11.7 Å². The number of nitrogens with zero attached hydrogens (tertiary/aromatic N) is 1. The number of hydrogen-bond donors (Lipinski definition) is 0.